The van der Waals surface area contributed by atoms with E-state index < -0.39 is 0 Å². The lowest BCUT2D eigenvalue weighted by atomic mass is 9.98. The van der Waals surface area contributed by atoms with Gasteiger partial charge in [-0.05, 0) is 24.5 Å². The van der Waals surface area contributed by atoms with Crippen LogP contribution in [0.1, 0.15) is 48.5 Å². The van der Waals surface area contributed by atoms with Crippen molar-refractivity contribution in [2.45, 2.75) is 39.0 Å². The molecule has 144 valence electrons. The van der Waals surface area contributed by atoms with Crippen LogP contribution in [0.15, 0.2) is 54.6 Å². The topological polar surface area (TPSA) is 91.9 Å². The minimum atomic E-state index is -0.389. The maximum atomic E-state index is 12.7. The van der Waals surface area contributed by atoms with Crippen molar-refractivity contribution in [2.24, 2.45) is 5.73 Å². The van der Waals surface area contributed by atoms with Crippen molar-refractivity contribution in [3.05, 3.63) is 65.7 Å². The van der Waals surface area contributed by atoms with Crippen LogP contribution in [-0.2, 0) is 6.42 Å². The number of fused-ring (bicyclic) bond motifs is 1. The van der Waals surface area contributed by atoms with Crippen molar-refractivity contribution in [2.75, 3.05) is 0 Å². The van der Waals surface area contributed by atoms with Gasteiger partial charge in [-0.3, -0.25) is 15.5 Å². The number of unbranched alkanes of at least 4 members (excludes halogenated alkanes) is 3. The molecule has 1 heterocycles. The van der Waals surface area contributed by atoms with Gasteiger partial charge < -0.3 is 5.73 Å². The average Bonchev–Trinajstić information content (AvgIpc) is 2.70. The summed E-state index contributed by atoms with van der Waals surface area (Å²) in [5.41, 5.74) is 9.53. The number of benzene rings is 2. The third-order valence-electron chi connectivity index (χ3n) is 4.79. The van der Waals surface area contributed by atoms with E-state index in [0.717, 1.165) is 40.6 Å². The van der Waals surface area contributed by atoms with Crippen molar-refractivity contribution >= 4 is 22.8 Å². The van der Waals surface area contributed by atoms with Gasteiger partial charge in [0.25, 0.3) is 5.91 Å². The van der Waals surface area contributed by atoms with Crippen LogP contribution >= 0.6 is 0 Å². The minimum absolute atomic E-state index is 0.369. The van der Waals surface area contributed by atoms with E-state index in [1.54, 1.807) is 6.07 Å². The van der Waals surface area contributed by atoms with Crippen LogP contribution in [-0.4, -0.2) is 16.9 Å². The standard InChI is InChI=1S/C23H26N4O/c1-2-3-4-6-12-17-13-9-14-18-19(22(28)27-23(24)25)15-20(26-21(17)18)16-10-7-5-8-11-16/h5,7-11,13-15H,2-4,6,12H2,1H3,(H4,24,25,27,28). The van der Waals surface area contributed by atoms with Crippen molar-refractivity contribution in [1.29, 1.82) is 5.41 Å². The molecule has 0 aliphatic carbocycles. The monoisotopic (exact) mass is 374 g/mol. The van der Waals surface area contributed by atoms with E-state index in [1.165, 1.54) is 19.3 Å². The van der Waals surface area contributed by atoms with Crippen LogP contribution in [0.3, 0.4) is 0 Å². The van der Waals surface area contributed by atoms with Gasteiger partial charge in [-0.15, -0.1) is 0 Å². The first-order chi connectivity index (χ1) is 13.6. The first-order valence-corrected chi connectivity index (χ1v) is 9.73. The highest BCUT2D eigenvalue weighted by Gasteiger charge is 2.16. The number of nitrogens with two attached hydrogens (primary N) is 1. The second-order valence-corrected chi connectivity index (χ2v) is 6.91. The SMILES string of the molecule is CCCCCCc1cccc2c(C(=O)NC(=N)N)cc(-c3ccccc3)nc12. The predicted molar refractivity (Wildman–Crippen MR) is 114 cm³/mol. The highest BCUT2D eigenvalue weighted by molar-refractivity contribution is 6.12. The number of nitrogens with one attached hydrogen (secondary N) is 2. The van der Waals surface area contributed by atoms with Crippen LogP contribution in [0.2, 0.25) is 0 Å². The molecule has 0 aliphatic rings. The maximum Gasteiger partial charge on any atom is 0.258 e. The van der Waals surface area contributed by atoms with Gasteiger partial charge in [-0.1, -0.05) is 74.7 Å². The molecule has 0 saturated carbocycles. The molecule has 2 aromatic carbocycles. The second kappa shape index (κ2) is 9.13. The highest BCUT2D eigenvalue weighted by atomic mass is 16.1. The number of nitrogens with zero attached hydrogens (tertiary/aromatic N) is 1. The van der Waals surface area contributed by atoms with Crippen molar-refractivity contribution < 1.29 is 4.79 Å². The summed E-state index contributed by atoms with van der Waals surface area (Å²) in [7, 11) is 0. The number of para-hydroxylation sites is 1. The van der Waals surface area contributed by atoms with Gasteiger partial charge in [0, 0.05) is 10.9 Å². The predicted octanol–water partition coefficient (Wildman–Crippen LogP) is 4.65. The Kier molecular flexibility index (Phi) is 6.37. The number of hydrogen-bond donors (Lipinski definition) is 3. The summed E-state index contributed by atoms with van der Waals surface area (Å²) in [6.07, 6.45) is 5.62. The van der Waals surface area contributed by atoms with E-state index in [-0.39, 0.29) is 11.9 Å². The lowest BCUT2D eigenvalue weighted by Crippen LogP contribution is -2.35. The van der Waals surface area contributed by atoms with Crippen LogP contribution in [0.5, 0.6) is 0 Å². The fourth-order valence-corrected chi connectivity index (χ4v) is 3.39. The molecular weight excluding hydrogens is 348 g/mol. The Labute approximate surface area is 165 Å². The highest BCUT2D eigenvalue weighted by Crippen LogP contribution is 2.28. The van der Waals surface area contributed by atoms with Crippen LogP contribution in [0, 0.1) is 5.41 Å². The number of hydrogen-bond acceptors (Lipinski definition) is 3. The smallest absolute Gasteiger partial charge is 0.258 e. The number of carbonyl (C=O) groups excluding carboxylic acids is 1. The molecule has 0 atom stereocenters. The largest absolute Gasteiger partial charge is 0.370 e. The minimum Gasteiger partial charge on any atom is -0.370 e. The van der Waals surface area contributed by atoms with Gasteiger partial charge in [-0.2, -0.15) is 0 Å². The Morgan fingerprint density at radius 3 is 2.57 bits per heavy atom. The fraction of sp³-hybridized carbons (Fsp3) is 0.261. The summed E-state index contributed by atoms with van der Waals surface area (Å²) in [5.74, 6) is -0.757. The molecule has 4 N–H and O–H groups in total. The average molecular weight is 374 g/mol. The molecule has 0 radical (unpaired) electrons. The Balaban J connectivity index is 2.11. The second-order valence-electron chi connectivity index (χ2n) is 6.91. The summed E-state index contributed by atoms with van der Waals surface area (Å²) in [5, 5.41) is 10.6. The number of carbonyl (C=O) groups is 1. The fourth-order valence-electron chi connectivity index (χ4n) is 3.39. The zero-order valence-corrected chi connectivity index (χ0v) is 16.2. The summed E-state index contributed by atoms with van der Waals surface area (Å²) in [6, 6.07) is 17.5. The van der Waals surface area contributed by atoms with Crippen LogP contribution in [0.4, 0.5) is 0 Å². The molecule has 28 heavy (non-hydrogen) atoms. The molecule has 5 heteroatoms. The third kappa shape index (κ3) is 4.55. The maximum absolute atomic E-state index is 12.7. The molecule has 0 spiro atoms. The van der Waals surface area contributed by atoms with Gasteiger partial charge in [-0.25, -0.2) is 4.98 Å². The number of amides is 1. The summed E-state index contributed by atoms with van der Waals surface area (Å²) >= 11 is 0. The van der Waals surface area contributed by atoms with Gasteiger partial charge in [0.2, 0.25) is 0 Å². The van der Waals surface area contributed by atoms with Gasteiger partial charge >= 0.3 is 0 Å². The molecular formula is C23H26N4O. The molecule has 0 bridgehead atoms. The summed E-state index contributed by atoms with van der Waals surface area (Å²) < 4.78 is 0. The van der Waals surface area contributed by atoms with Gasteiger partial charge in [0.1, 0.15) is 0 Å². The van der Waals surface area contributed by atoms with Crippen molar-refractivity contribution in [1.82, 2.24) is 10.3 Å². The van der Waals surface area contributed by atoms with Crippen LogP contribution < -0.4 is 11.1 Å². The quantitative estimate of drug-likeness (QED) is 0.319. The first kappa shape index (κ1) is 19.5. The molecule has 3 aromatic rings. The normalized spacial score (nSPS) is 10.8. The number of aromatic nitrogens is 1. The number of pyridine rings is 1. The number of rotatable bonds is 7. The van der Waals surface area contributed by atoms with E-state index in [1.807, 2.05) is 42.5 Å². The Morgan fingerprint density at radius 1 is 1.07 bits per heavy atom. The van der Waals surface area contributed by atoms with Crippen molar-refractivity contribution in [3.8, 4) is 11.3 Å². The number of aryl methyl sites for hydroxylation is 1. The summed E-state index contributed by atoms with van der Waals surface area (Å²) in [4.78, 5) is 17.6. The Bertz CT molecular complexity index is 983. The third-order valence-corrected chi connectivity index (χ3v) is 4.79. The van der Waals surface area contributed by atoms with Gasteiger partial charge in [0.05, 0.1) is 16.8 Å². The lowest BCUT2D eigenvalue weighted by molar-refractivity contribution is 0.0978. The molecule has 0 aliphatic heterocycles. The summed E-state index contributed by atoms with van der Waals surface area (Å²) in [6.45, 7) is 2.20. The molecule has 0 saturated heterocycles. The molecule has 0 fully saturated rings. The van der Waals surface area contributed by atoms with E-state index in [0.29, 0.717) is 5.56 Å². The first-order valence-electron chi connectivity index (χ1n) is 9.73. The van der Waals surface area contributed by atoms with Crippen LogP contribution in [0.25, 0.3) is 22.2 Å². The Hall–Kier alpha value is -3.21. The number of guanidine groups is 1. The zero-order chi connectivity index (χ0) is 19.9. The molecule has 0 unspecified atom stereocenters. The van der Waals surface area contributed by atoms with E-state index in [2.05, 4.69) is 18.3 Å². The van der Waals surface area contributed by atoms with E-state index >= 15 is 0 Å². The lowest BCUT2D eigenvalue weighted by Gasteiger charge is -2.13. The molecule has 1 aromatic heterocycles. The van der Waals surface area contributed by atoms with Gasteiger partial charge in [0.15, 0.2) is 5.96 Å². The molecule has 1 amide bonds. The van der Waals surface area contributed by atoms with Crippen molar-refractivity contribution in [3.63, 3.8) is 0 Å². The zero-order valence-electron chi connectivity index (χ0n) is 16.2. The molecule has 5 nitrogen and oxygen atoms in total. The molecule has 3 rings (SSSR count). The Morgan fingerprint density at radius 2 is 1.86 bits per heavy atom. The van der Waals surface area contributed by atoms with E-state index in [9.17, 15) is 4.79 Å². The van der Waals surface area contributed by atoms with E-state index in [4.69, 9.17) is 16.1 Å².